The van der Waals surface area contributed by atoms with E-state index in [9.17, 15) is 9.59 Å². The molecule has 0 unspecified atom stereocenters. The molecule has 1 aromatic carbocycles. The molecule has 3 rings (SSSR count). The number of benzene rings is 1. The minimum Gasteiger partial charge on any atom is -0.482 e. The van der Waals surface area contributed by atoms with Crippen LogP contribution < -0.4 is 15.4 Å². The Bertz CT molecular complexity index is 982. The van der Waals surface area contributed by atoms with E-state index in [1.54, 1.807) is 30.5 Å². The van der Waals surface area contributed by atoms with Gasteiger partial charge >= 0.3 is 0 Å². The summed E-state index contributed by atoms with van der Waals surface area (Å²) in [6.45, 7) is 0.0695. The van der Waals surface area contributed by atoms with Crippen LogP contribution in [0.2, 0.25) is 10.0 Å². The number of carbonyl (C=O) groups is 2. The van der Waals surface area contributed by atoms with E-state index in [-0.39, 0.29) is 18.3 Å². The van der Waals surface area contributed by atoms with Gasteiger partial charge in [0.2, 0.25) is 11.0 Å². The molecule has 2 N–H and O–H groups in total. The Labute approximate surface area is 183 Å². The zero-order chi connectivity index (χ0) is 20.6. The zero-order valence-corrected chi connectivity index (χ0v) is 17.8. The number of hydrogen-bond acceptors (Lipinski definition) is 8. The van der Waals surface area contributed by atoms with Gasteiger partial charge in [0.15, 0.2) is 10.9 Å². The molecule has 29 heavy (non-hydrogen) atoms. The highest BCUT2D eigenvalue weighted by molar-refractivity contribution is 8.01. The van der Waals surface area contributed by atoms with Gasteiger partial charge in [0.25, 0.3) is 5.91 Å². The molecule has 2 amide bonds. The van der Waals surface area contributed by atoms with E-state index in [1.807, 2.05) is 0 Å². The maximum Gasteiger partial charge on any atom is 0.264 e. The fourth-order valence-electron chi connectivity index (χ4n) is 1.99. The van der Waals surface area contributed by atoms with Gasteiger partial charge in [-0.1, -0.05) is 46.3 Å². The zero-order valence-electron chi connectivity index (χ0n) is 14.7. The van der Waals surface area contributed by atoms with E-state index in [0.717, 1.165) is 11.3 Å². The second-order valence-corrected chi connectivity index (χ2v) is 8.47. The third kappa shape index (κ3) is 6.93. The van der Waals surface area contributed by atoms with Crippen LogP contribution in [0.1, 0.15) is 5.76 Å². The number of carbonyl (C=O) groups excluding carboxylic acids is 2. The number of halogens is 2. The Kier molecular flexibility index (Phi) is 7.76. The first kappa shape index (κ1) is 21.4. The molecule has 152 valence electrons. The molecule has 0 radical (unpaired) electrons. The summed E-state index contributed by atoms with van der Waals surface area (Å²) in [7, 11) is 0. The van der Waals surface area contributed by atoms with Crippen molar-refractivity contribution in [3.8, 4) is 5.75 Å². The second-order valence-electron chi connectivity index (χ2n) is 5.43. The molecule has 0 spiro atoms. The Morgan fingerprint density at radius 3 is 2.83 bits per heavy atom. The Hall–Kier alpha value is -2.27. The number of ether oxygens (including phenoxy) is 1. The highest BCUT2D eigenvalue weighted by Gasteiger charge is 2.12. The fraction of sp³-hybridized carbons (Fsp3) is 0.176. The third-order valence-corrected chi connectivity index (χ3v) is 5.77. The average Bonchev–Trinajstić information content (AvgIpc) is 3.36. The molecule has 12 heteroatoms. The molecule has 8 nitrogen and oxygen atoms in total. The topological polar surface area (TPSA) is 106 Å². The van der Waals surface area contributed by atoms with Crippen molar-refractivity contribution in [2.45, 2.75) is 10.9 Å². The molecular formula is C17H14Cl2N4O4S2. The lowest BCUT2D eigenvalue weighted by Crippen LogP contribution is -2.24. The second kappa shape index (κ2) is 10.5. The van der Waals surface area contributed by atoms with Crippen molar-refractivity contribution in [1.29, 1.82) is 0 Å². The SMILES string of the molecule is O=C(CSc1nnc(NC(=O)COc2ccc(Cl)cc2Cl)s1)NCc1ccco1. The molecule has 2 heterocycles. The van der Waals surface area contributed by atoms with Gasteiger partial charge in [0.1, 0.15) is 11.5 Å². The van der Waals surface area contributed by atoms with Crippen LogP contribution in [0.5, 0.6) is 5.75 Å². The smallest absolute Gasteiger partial charge is 0.264 e. The number of thioether (sulfide) groups is 1. The summed E-state index contributed by atoms with van der Waals surface area (Å²) in [5, 5.41) is 14.2. The minimum atomic E-state index is -0.417. The summed E-state index contributed by atoms with van der Waals surface area (Å²) in [4.78, 5) is 23.8. The van der Waals surface area contributed by atoms with E-state index in [1.165, 1.54) is 17.8 Å². The number of amides is 2. The van der Waals surface area contributed by atoms with Gasteiger partial charge in [0.05, 0.1) is 23.6 Å². The fourth-order valence-corrected chi connectivity index (χ4v) is 4.05. The van der Waals surface area contributed by atoms with Crippen LogP contribution in [0.25, 0.3) is 0 Å². The average molecular weight is 473 g/mol. The number of nitrogens with one attached hydrogen (secondary N) is 2. The molecule has 2 aromatic heterocycles. The van der Waals surface area contributed by atoms with Crippen LogP contribution in [-0.2, 0) is 16.1 Å². The summed E-state index contributed by atoms with van der Waals surface area (Å²) < 4.78 is 11.0. The Morgan fingerprint density at radius 1 is 1.21 bits per heavy atom. The number of anilines is 1. The molecule has 0 fully saturated rings. The number of aromatic nitrogens is 2. The normalized spacial score (nSPS) is 10.6. The molecule has 3 aromatic rings. The molecule has 0 atom stereocenters. The van der Waals surface area contributed by atoms with Crippen LogP contribution >= 0.6 is 46.3 Å². The summed E-state index contributed by atoms with van der Waals surface area (Å²) >= 11 is 14.2. The van der Waals surface area contributed by atoms with E-state index in [2.05, 4.69) is 20.8 Å². The lowest BCUT2D eigenvalue weighted by atomic mass is 10.3. The van der Waals surface area contributed by atoms with Gasteiger partial charge in [-0.3, -0.25) is 14.9 Å². The first-order chi connectivity index (χ1) is 14.0. The van der Waals surface area contributed by atoms with Gasteiger partial charge in [-0.25, -0.2) is 0 Å². The quantitative estimate of drug-likeness (QED) is 0.359. The van der Waals surface area contributed by atoms with Crippen molar-refractivity contribution in [3.63, 3.8) is 0 Å². The summed E-state index contributed by atoms with van der Waals surface area (Å²) in [6, 6.07) is 8.24. The van der Waals surface area contributed by atoms with Gasteiger partial charge in [-0.05, 0) is 30.3 Å². The van der Waals surface area contributed by atoms with Gasteiger partial charge in [-0.15, -0.1) is 10.2 Å². The predicted molar refractivity (Wildman–Crippen MR) is 112 cm³/mol. The molecular weight excluding hydrogens is 459 g/mol. The van der Waals surface area contributed by atoms with Crippen molar-refractivity contribution >= 4 is 63.2 Å². The van der Waals surface area contributed by atoms with Crippen LogP contribution in [-0.4, -0.2) is 34.4 Å². The largest absolute Gasteiger partial charge is 0.482 e. The molecule has 0 saturated carbocycles. The van der Waals surface area contributed by atoms with E-state index in [0.29, 0.717) is 37.6 Å². The number of hydrogen-bond donors (Lipinski definition) is 2. The third-order valence-electron chi connectivity index (χ3n) is 3.27. The van der Waals surface area contributed by atoms with Crippen molar-refractivity contribution in [1.82, 2.24) is 15.5 Å². The minimum absolute atomic E-state index is 0.166. The van der Waals surface area contributed by atoms with Crippen LogP contribution in [0.3, 0.4) is 0 Å². The lowest BCUT2D eigenvalue weighted by Gasteiger charge is -2.07. The monoisotopic (exact) mass is 472 g/mol. The maximum absolute atomic E-state index is 12.0. The van der Waals surface area contributed by atoms with Gasteiger partial charge in [-0.2, -0.15) is 0 Å². The number of rotatable bonds is 9. The van der Waals surface area contributed by atoms with Crippen molar-refractivity contribution in [3.05, 3.63) is 52.4 Å². The maximum atomic E-state index is 12.0. The van der Waals surface area contributed by atoms with E-state index in [4.69, 9.17) is 32.4 Å². The molecule has 0 saturated heterocycles. The van der Waals surface area contributed by atoms with E-state index >= 15 is 0 Å². The Morgan fingerprint density at radius 2 is 2.07 bits per heavy atom. The number of furan rings is 1. The standard InChI is InChI=1S/C17H14Cl2N4O4S2/c18-10-3-4-13(12(19)6-10)27-8-14(24)21-16-22-23-17(29-16)28-9-15(25)20-7-11-2-1-5-26-11/h1-6H,7-9H2,(H,20,25)(H,21,22,24). The van der Waals surface area contributed by atoms with Crippen LogP contribution in [0.4, 0.5) is 5.13 Å². The first-order valence-electron chi connectivity index (χ1n) is 8.12. The predicted octanol–water partition coefficient (Wildman–Crippen LogP) is 3.86. The van der Waals surface area contributed by atoms with Crippen LogP contribution in [0.15, 0.2) is 45.4 Å². The van der Waals surface area contributed by atoms with Crippen molar-refractivity contribution in [2.75, 3.05) is 17.7 Å². The Balaban J connectivity index is 1.39. The molecule has 0 aliphatic carbocycles. The van der Waals surface area contributed by atoms with Crippen molar-refractivity contribution in [2.24, 2.45) is 0 Å². The highest BCUT2D eigenvalue weighted by Crippen LogP contribution is 2.28. The highest BCUT2D eigenvalue weighted by atomic mass is 35.5. The summed E-state index contributed by atoms with van der Waals surface area (Å²) in [5.41, 5.74) is 0. The van der Waals surface area contributed by atoms with Crippen LogP contribution in [0, 0.1) is 0 Å². The summed E-state index contributed by atoms with van der Waals surface area (Å²) in [5.74, 6) is 0.605. The molecule has 0 aliphatic rings. The van der Waals surface area contributed by atoms with E-state index < -0.39 is 5.91 Å². The van der Waals surface area contributed by atoms with Crippen molar-refractivity contribution < 1.29 is 18.7 Å². The van der Waals surface area contributed by atoms with Gasteiger partial charge < -0.3 is 14.5 Å². The molecule has 0 aliphatic heterocycles. The number of nitrogens with zero attached hydrogens (tertiary/aromatic N) is 2. The molecule has 0 bridgehead atoms. The van der Waals surface area contributed by atoms with Gasteiger partial charge in [0, 0.05) is 5.02 Å². The first-order valence-corrected chi connectivity index (χ1v) is 10.7. The summed E-state index contributed by atoms with van der Waals surface area (Å²) in [6.07, 6.45) is 1.54. The lowest BCUT2D eigenvalue weighted by molar-refractivity contribution is -0.119.